The van der Waals surface area contributed by atoms with Crippen LogP contribution in [0.25, 0.3) is 0 Å². The van der Waals surface area contributed by atoms with Crippen molar-refractivity contribution in [3.05, 3.63) is 16.6 Å². The summed E-state index contributed by atoms with van der Waals surface area (Å²) in [5, 5.41) is 2.77. The van der Waals surface area contributed by atoms with Gasteiger partial charge in [-0.1, -0.05) is 0 Å². The quantitative estimate of drug-likeness (QED) is 0.488. The van der Waals surface area contributed by atoms with Gasteiger partial charge in [0.05, 0.1) is 6.54 Å². The summed E-state index contributed by atoms with van der Waals surface area (Å²) in [6, 6.07) is 0. The summed E-state index contributed by atoms with van der Waals surface area (Å²) in [4.78, 5) is 18.9. The molecule has 0 fully saturated rings. The maximum Gasteiger partial charge on any atom is 0.245 e. The fourth-order valence-electron chi connectivity index (χ4n) is 0.575. The van der Waals surface area contributed by atoms with Crippen LogP contribution in [0.4, 0.5) is 0 Å². The minimum Gasteiger partial charge on any atom is -0.368 e. The lowest BCUT2D eigenvalue weighted by Gasteiger charge is -1.99. The summed E-state index contributed by atoms with van der Waals surface area (Å²) >= 11 is 1.51. The zero-order chi connectivity index (χ0) is 8.81. The van der Waals surface area contributed by atoms with Crippen LogP contribution in [0.1, 0.15) is 5.01 Å². The molecule has 0 aromatic carbocycles. The van der Waals surface area contributed by atoms with Crippen LogP contribution >= 0.6 is 11.3 Å². The molecule has 0 spiro atoms. The number of hydrogen-bond acceptors (Lipinski definition) is 5. The van der Waals surface area contributed by atoms with Crippen molar-refractivity contribution in [1.82, 2.24) is 10.5 Å². The first-order valence-corrected chi connectivity index (χ1v) is 4.18. The van der Waals surface area contributed by atoms with Crippen LogP contribution < -0.4 is 11.2 Å². The molecule has 5 nitrogen and oxygen atoms in total. The van der Waals surface area contributed by atoms with Crippen molar-refractivity contribution in [2.75, 3.05) is 6.61 Å². The van der Waals surface area contributed by atoms with Crippen molar-refractivity contribution >= 4 is 17.2 Å². The standard InChI is InChI=1S/C6H9N3O2S/c7-5(10)4-11-9-3-6-8-1-2-12-6/h1-2,9H,3-4H2,(H2,7,10). The first kappa shape index (κ1) is 9.11. The number of carbonyl (C=O) groups is 1. The fourth-order valence-corrected chi connectivity index (χ4v) is 1.12. The number of carbonyl (C=O) groups excluding carboxylic acids is 1. The molecule has 0 saturated heterocycles. The second kappa shape index (κ2) is 4.81. The van der Waals surface area contributed by atoms with Gasteiger partial charge in [0, 0.05) is 11.6 Å². The van der Waals surface area contributed by atoms with Gasteiger partial charge in [0.15, 0.2) is 0 Å². The molecular formula is C6H9N3O2S. The normalized spacial score (nSPS) is 10.0. The highest BCUT2D eigenvalue weighted by Gasteiger charge is 1.95. The molecule has 1 heterocycles. The predicted molar refractivity (Wildman–Crippen MR) is 44.1 cm³/mol. The molecule has 1 aromatic heterocycles. The Morgan fingerprint density at radius 3 is 3.25 bits per heavy atom. The molecule has 3 N–H and O–H groups in total. The lowest BCUT2D eigenvalue weighted by atomic mass is 10.7. The number of nitrogens with zero attached hydrogens (tertiary/aromatic N) is 1. The van der Waals surface area contributed by atoms with E-state index in [0.29, 0.717) is 6.54 Å². The molecule has 6 heteroatoms. The van der Waals surface area contributed by atoms with Gasteiger partial charge in [-0.3, -0.25) is 9.63 Å². The van der Waals surface area contributed by atoms with Gasteiger partial charge in [0.1, 0.15) is 11.6 Å². The largest absolute Gasteiger partial charge is 0.368 e. The first-order valence-electron chi connectivity index (χ1n) is 3.30. The summed E-state index contributed by atoms with van der Waals surface area (Å²) in [6.45, 7) is 0.371. The molecule has 0 saturated carbocycles. The minimum atomic E-state index is -0.498. The summed E-state index contributed by atoms with van der Waals surface area (Å²) in [7, 11) is 0. The topological polar surface area (TPSA) is 77.2 Å². The van der Waals surface area contributed by atoms with Crippen LogP contribution in [-0.2, 0) is 16.2 Å². The SMILES string of the molecule is NC(=O)CONCc1nccs1. The Morgan fingerprint density at radius 1 is 1.83 bits per heavy atom. The van der Waals surface area contributed by atoms with Crippen LogP contribution in [0.5, 0.6) is 0 Å². The Balaban J connectivity index is 2.07. The van der Waals surface area contributed by atoms with E-state index in [0.717, 1.165) is 5.01 Å². The van der Waals surface area contributed by atoms with E-state index in [2.05, 4.69) is 10.5 Å². The number of hydroxylamine groups is 1. The van der Waals surface area contributed by atoms with E-state index < -0.39 is 5.91 Å². The number of hydrogen-bond donors (Lipinski definition) is 2. The highest BCUT2D eigenvalue weighted by atomic mass is 32.1. The van der Waals surface area contributed by atoms with E-state index in [4.69, 9.17) is 10.6 Å². The Morgan fingerprint density at radius 2 is 2.67 bits per heavy atom. The third-order valence-electron chi connectivity index (χ3n) is 1.02. The molecule has 0 aliphatic rings. The molecule has 66 valence electrons. The maximum atomic E-state index is 10.2. The van der Waals surface area contributed by atoms with Crippen molar-refractivity contribution in [3.8, 4) is 0 Å². The zero-order valence-corrected chi connectivity index (χ0v) is 7.13. The molecule has 0 aliphatic carbocycles. The van der Waals surface area contributed by atoms with Crippen LogP contribution in [0.3, 0.4) is 0 Å². The molecule has 0 radical (unpaired) electrons. The summed E-state index contributed by atoms with van der Waals surface area (Å²) < 4.78 is 0. The van der Waals surface area contributed by atoms with Crippen molar-refractivity contribution in [1.29, 1.82) is 0 Å². The summed E-state index contributed by atoms with van der Waals surface area (Å²) in [5.74, 6) is -0.498. The average molecular weight is 187 g/mol. The second-order valence-corrected chi connectivity index (χ2v) is 2.98. The van der Waals surface area contributed by atoms with Crippen molar-refractivity contribution < 1.29 is 9.63 Å². The highest BCUT2D eigenvalue weighted by Crippen LogP contribution is 2.01. The van der Waals surface area contributed by atoms with Crippen molar-refractivity contribution in [3.63, 3.8) is 0 Å². The van der Waals surface area contributed by atoms with E-state index in [9.17, 15) is 4.79 Å². The molecule has 1 aromatic rings. The van der Waals surface area contributed by atoms with Crippen molar-refractivity contribution in [2.45, 2.75) is 6.54 Å². The van der Waals surface area contributed by atoms with Crippen molar-refractivity contribution in [2.24, 2.45) is 5.73 Å². The van der Waals surface area contributed by atoms with E-state index in [1.165, 1.54) is 11.3 Å². The number of aromatic nitrogens is 1. The van der Waals surface area contributed by atoms with Crippen LogP contribution in [0.2, 0.25) is 0 Å². The number of thiazole rings is 1. The van der Waals surface area contributed by atoms with Gasteiger partial charge in [-0.05, 0) is 0 Å². The van der Waals surface area contributed by atoms with Gasteiger partial charge in [-0.2, -0.15) is 5.48 Å². The zero-order valence-electron chi connectivity index (χ0n) is 6.32. The lowest BCUT2D eigenvalue weighted by molar-refractivity contribution is -0.125. The predicted octanol–water partition coefficient (Wildman–Crippen LogP) is -0.350. The lowest BCUT2D eigenvalue weighted by Crippen LogP contribution is -2.24. The molecule has 1 amide bonds. The number of nitrogens with one attached hydrogen (secondary N) is 1. The Kier molecular flexibility index (Phi) is 3.65. The van der Waals surface area contributed by atoms with Crippen LogP contribution in [0, 0.1) is 0 Å². The Hall–Kier alpha value is -0.980. The third-order valence-corrected chi connectivity index (χ3v) is 1.80. The van der Waals surface area contributed by atoms with E-state index in [1.807, 2.05) is 5.38 Å². The van der Waals surface area contributed by atoms with Gasteiger partial charge >= 0.3 is 0 Å². The van der Waals surface area contributed by atoms with Crippen LogP contribution in [-0.4, -0.2) is 17.5 Å². The van der Waals surface area contributed by atoms with Gasteiger partial charge in [0.2, 0.25) is 5.91 Å². The molecule has 0 bridgehead atoms. The van der Waals surface area contributed by atoms with Gasteiger partial charge in [-0.15, -0.1) is 11.3 Å². The molecule has 0 aliphatic heterocycles. The van der Waals surface area contributed by atoms with E-state index >= 15 is 0 Å². The number of primary amides is 1. The number of nitrogens with two attached hydrogens (primary N) is 1. The average Bonchev–Trinajstić information content (AvgIpc) is 2.49. The molecule has 1 rings (SSSR count). The molecular weight excluding hydrogens is 178 g/mol. The molecule has 0 unspecified atom stereocenters. The molecule has 0 atom stereocenters. The Bertz CT molecular complexity index is 237. The van der Waals surface area contributed by atoms with Gasteiger partial charge in [0.25, 0.3) is 0 Å². The fraction of sp³-hybridized carbons (Fsp3) is 0.333. The number of amides is 1. The maximum absolute atomic E-state index is 10.2. The van der Waals surface area contributed by atoms with Crippen LogP contribution in [0.15, 0.2) is 11.6 Å². The second-order valence-electron chi connectivity index (χ2n) is 2.00. The number of rotatable bonds is 5. The third kappa shape index (κ3) is 3.42. The van der Waals surface area contributed by atoms with E-state index in [1.54, 1.807) is 6.20 Å². The summed E-state index contributed by atoms with van der Waals surface area (Å²) in [6.07, 6.45) is 1.70. The van der Waals surface area contributed by atoms with E-state index in [-0.39, 0.29) is 6.61 Å². The minimum absolute atomic E-state index is 0.120. The summed E-state index contributed by atoms with van der Waals surface area (Å²) in [5.41, 5.74) is 7.40. The Labute approximate surface area is 73.5 Å². The smallest absolute Gasteiger partial charge is 0.245 e. The van der Waals surface area contributed by atoms with Gasteiger partial charge < -0.3 is 5.73 Å². The molecule has 12 heavy (non-hydrogen) atoms. The first-order chi connectivity index (χ1) is 5.79. The monoisotopic (exact) mass is 187 g/mol. The van der Waals surface area contributed by atoms with Gasteiger partial charge in [-0.25, -0.2) is 4.98 Å². The highest BCUT2D eigenvalue weighted by molar-refractivity contribution is 7.09.